The van der Waals surface area contributed by atoms with Gasteiger partial charge in [-0.1, -0.05) is 92.3 Å². The molecule has 36 heavy (non-hydrogen) atoms. The van der Waals surface area contributed by atoms with Gasteiger partial charge in [0.2, 0.25) is 0 Å². The number of halogens is 4. The number of hydrazine groups is 1. The van der Waals surface area contributed by atoms with Gasteiger partial charge in [-0.05, 0) is 42.9 Å². The third-order valence-corrected chi connectivity index (χ3v) is 11.3. The van der Waals surface area contributed by atoms with Crippen LogP contribution in [-0.2, 0) is 9.59 Å². The molecule has 3 aliphatic rings. The summed E-state index contributed by atoms with van der Waals surface area (Å²) in [7, 11) is 0. The molecular weight excluding hydrogens is 635 g/mol. The van der Waals surface area contributed by atoms with Gasteiger partial charge < -0.3 is 0 Å². The fourth-order valence-corrected chi connectivity index (χ4v) is 8.33. The van der Waals surface area contributed by atoms with Crippen LogP contribution in [0.3, 0.4) is 0 Å². The van der Waals surface area contributed by atoms with E-state index in [1.54, 1.807) is 37.3 Å². The van der Waals surface area contributed by atoms with Crippen LogP contribution in [0.1, 0.15) is 40.5 Å². The smallest absolute Gasteiger partial charge is 0.275 e. The second kappa shape index (κ2) is 9.86. The van der Waals surface area contributed by atoms with E-state index in [0.29, 0.717) is 10.6 Å². The standard InChI is InChI=1S/C26H22Br2Cl2N2O4/c1-2-18(23(33)12-6-4-3-5-7-12)31(24(34)14-9-8-13(29)10-17(14)30)32-25(35)19-15-11-16(20(19)26(32)36)22(28)21(15)27/h3-10,15-16,18-22H,2,11H2,1H3/t15-,16-,18-,19-,20-,21-,22+/m1/s1. The van der Waals surface area contributed by atoms with Crippen molar-refractivity contribution in [2.24, 2.45) is 23.7 Å². The molecular formula is C26H22Br2Cl2N2O4. The van der Waals surface area contributed by atoms with Crippen molar-refractivity contribution in [3.05, 3.63) is 69.7 Å². The van der Waals surface area contributed by atoms with Gasteiger partial charge in [-0.3, -0.25) is 19.2 Å². The van der Waals surface area contributed by atoms with E-state index in [2.05, 4.69) is 31.9 Å². The molecule has 3 amide bonds. The minimum atomic E-state index is -1.09. The van der Waals surface area contributed by atoms with E-state index in [-0.39, 0.29) is 44.3 Å². The predicted octanol–water partition coefficient (Wildman–Crippen LogP) is 5.79. The van der Waals surface area contributed by atoms with Crippen molar-refractivity contribution in [2.45, 2.75) is 35.5 Å². The zero-order valence-electron chi connectivity index (χ0n) is 19.1. The normalized spacial score (nSPS) is 29.4. The molecule has 10 heteroatoms. The summed E-state index contributed by atoms with van der Waals surface area (Å²) in [6.07, 6.45) is 0.940. The van der Waals surface area contributed by atoms with Gasteiger partial charge in [0.1, 0.15) is 6.04 Å². The lowest BCUT2D eigenvalue weighted by atomic mass is 9.81. The van der Waals surface area contributed by atoms with Crippen LogP contribution in [-0.4, -0.2) is 49.2 Å². The molecule has 1 aliphatic heterocycles. The minimum absolute atomic E-state index is 0.0354. The predicted molar refractivity (Wildman–Crippen MR) is 143 cm³/mol. The maximum Gasteiger partial charge on any atom is 0.275 e. The lowest BCUT2D eigenvalue weighted by Crippen LogP contribution is -2.57. The largest absolute Gasteiger partial charge is 0.292 e. The Labute approximate surface area is 235 Å². The number of Topliss-reactive ketones (excluding diaryl/α,β-unsaturated/α-hetero) is 1. The lowest BCUT2D eigenvalue weighted by molar-refractivity contribution is -0.157. The quantitative estimate of drug-likeness (QED) is 0.224. The summed E-state index contributed by atoms with van der Waals surface area (Å²) in [5.74, 6) is -3.11. The number of nitrogens with zero attached hydrogens (tertiary/aromatic N) is 2. The summed E-state index contributed by atoms with van der Waals surface area (Å²) in [6.45, 7) is 1.74. The third-order valence-electron chi connectivity index (χ3n) is 7.59. The summed E-state index contributed by atoms with van der Waals surface area (Å²) in [6, 6.07) is 11.8. The summed E-state index contributed by atoms with van der Waals surface area (Å²) in [5.41, 5.74) is 0.433. The third kappa shape index (κ3) is 3.96. The Morgan fingerprint density at radius 1 is 1.00 bits per heavy atom. The van der Waals surface area contributed by atoms with Crippen LogP contribution in [0.5, 0.6) is 0 Å². The first-order valence-corrected chi connectivity index (χ1v) is 14.3. The van der Waals surface area contributed by atoms with Crippen LogP contribution in [0.25, 0.3) is 0 Å². The first-order chi connectivity index (χ1) is 17.2. The number of imide groups is 1. The Kier molecular flexibility index (Phi) is 7.09. The highest BCUT2D eigenvalue weighted by molar-refractivity contribution is 9.12. The monoisotopic (exact) mass is 654 g/mol. The maximum absolute atomic E-state index is 14.0. The summed E-state index contributed by atoms with van der Waals surface area (Å²) in [5, 5.41) is 2.38. The molecule has 0 radical (unpaired) electrons. The molecule has 7 atom stereocenters. The molecule has 5 rings (SSSR count). The number of amides is 3. The number of fused-ring (bicyclic) bond motifs is 5. The second-order valence-electron chi connectivity index (χ2n) is 9.42. The molecule has 2 aromatic carbocycles. The fraction of sp³-hybridized carbons (Fsp3) is 0.385. The minimum Gasteiger partial charge on any atom is -0.292 e. The number of rotatable bonds is 6. The lowest BCUT2D eigenvalue weighted by Gasteiger charge is -2.36. The molecule has 6 nitrogen and oxygen atoms in total. The van der Waals surface area contributed by atoms with Crippen molar-refractivity contribution in [3.8, 4) is 0 Å². The van der Waals surface area contributed by atoms with Crippen molar-refractivity contribution in [1.82, 2.24) is 10.0 Å². The Morgan fingerprint density at radius 3 is 2.11 bits per heavy atom. The fourth-order valence-electron chi connectivity index (χ4n) is 5.97. The van der Waals surface area contributed by atoms with Crippen molar-refractivity contribution in [2.75, 3.05) is 0 Å². The Morgan fingerprint density at radius 2 is 1.58 bits per heavy atom. The highest BCUT2D eigenvalue weighted by Gasteiger charge is 2.68. The van der Waals surface area contributed by atoms with Crippen molar-refractivity contribution < 1.29 is 19.2 Å². The van der Waals surface area contributed by atoms with Crippen LogP contribution < -0.4 is 0 Å². The van der Waals surface area contributed by atoms with Crippen LogP contribution in [0.4, 0.5) is 0 Å². The average molecular weight is 657 g/mol. The first kappa shape index (κ1) is 25.9. The zero-order valence-corrected chi connectivity index (χ0v) is 23.8. The van der Waals surface area contributed by atoms with Gasteiger partial charge in [-0.2, -0.15) is 5.01 Å². The van der Waals surface area contributed by atoms with Gasteiger partial charge in [0.15, 0.2) is 5.78 Å². The molecule has 1 saturated heterocycles. The van der Waals surface area contributed by atoms with Gasteiger partial charge in [0.25, 0.3) is 17.7 Å². The van der Waals surface area contributed by atoms with Gasteiger partial charge in [-0.25, -0.2) is 5.01 Å². The Balaban J connectivity index is 1.60. The SMILES string of the molecule is CC[C@H](C(=O)c1ccccc1)N(C(=O)c1ccc(Cl)cc1Cl)N1C(=O)[C@@H]2[C@H]3C[C@@H]([C@@H](Br)[C@H]3Br)[C@H]2C1=O. The molecule has 0 aromatic heterocycles. The summed E-state index contributed by atoms with van der Waals surface area (Å²) < 4.78 is 0. The van der Waals surface area contributed by atoms with E-state index < -0.39 is 35.6 Å². The number of hydrogen-bond acceptors (Lipinski definition) is 4. The molecule has 0 unspecified atom stereocenters. The van der Waals surface area contributed by atoms with Gasteiger partial charge in [0, 0.05) is 20.2 Å². The Bertz CT molecular complexity index is 1230. The highest BCUT2D eigenvalue weighted by atomic mass is 79.9. The van der Waals surface area contributed by atoms with Crippen molar-refractivity contribution in [3.63, 3.8) is 0 Å². The average Bonchev–Trinajstić information content (AvgIpc) is 3.47. The Hall–Kier alpha value is -1.74. The van der Waals surface area contributed by atoms with E-state index in [4.69, 9.17) is 23.2 Å². The van der Waals surface area contributed by atoms with Crippen LogP contribution in [0.15, 0.2) is 48.5 Å². The molecule has 2 aromatic rings. The molecule has 2 bridgehead atoms. The number of benzene rings is 2. The molecule has 2 aliphatic carbocycles. The number of alkyl halides is 2. The number of carbonyl (C=O) groups excluding carboxylic acids is 4. The van der Waals surface area contributed by atoms with Crippen LogP contribution >= 0.6 is 55.1 Å². The maximum atomic E-state index is 14.0. The number of carbonyl (C=O) groups is 4. The molecule has 188 valence electrons. The van der Waals surface area contributed by atoms with Gasteiger partial charge in [0.05, 0.1) is 22.4 Å². The molecule has 2 saturated carbocycles. The van der Waals surface area contributed by atoms with Crippen LogP contribution in [0.2, 0.25) is 10.0 Å². The first-order valence-electron chi connectivity index (χ1n) is 11.7. The van der Waals surface area contributed by atoms with Crippen molar-refractivity contribution >= 4 is 78.6 Å². The zero-order chi connectivity index (χ0) is 25.9. The van der Waals surface area contributed by atoms with E-state index >= 15 is 0 Å². The van der Waals surface area contributed by atoms with E-state index in [1.807, 2.05) is 0 Å². The van der Waals surface area contributed by atoms with E-state index in [1.165, 1.54) is 18.2 Å². The van der Waals surface area contributed by atoms with E-state index in [9.17, 15) is 19.2 Å². The van der Waals surface area contributed by atoms with Crippen LogP contribution in [0, 0.1) is 23.7 Å². The number of hydrogen-bond donors (Lipinski definition) is 0. The number of ketones is 1. The molecule has 3 fully saturated rings. The topological polar surface area (TPSA) is 74.8 Å². The van der Waals surface area contributed by atoms with Crippen molar-refractivity contribution in [1.29, 1.82) is 0 Å². The molecule has 1 heterocycles. The molecule has 0 spiro atoms. The van der Waals surface area contributed by atoms with Gasteiger partial charge >= 0.3 is 0 Å². The second-order valence-corrected chi connectivity index (χ2v) is 12.4. The summed E-state index contributed by atoms with van der Waals surface area (Å²) in [4.78, 5) is 55.4. The van der Waals surface area contributed by atoms with E-state index in [0.717, 1.165) is 16.4 Å². The summed E-state index contributed by atoms with van der Waals surface area (Å²) >= 11 is 19.8. The van der Waals surface area contributed by atoms with Gasteiger partial charge in [-0.15, -0.1) is 0 Å². The highest BCUT2D eigenvalue weighted by Crippen LogP contribution is 2.60. The molecule has 0 N–H and O–H groups in total.